The third-order valence-electron chi connectivity index (χ3n) is 4.47. The van der Waals surface area contributed by atoms with Gasteiger partial charge in [0.2, 0.25) is 5.91 Å². The summed E-state index contributed by atoms with van der Waals surface area (Å²) < 4.78 is 5.04. The van der Waals surface area contributed by atoms with E-state index in [1.54, 1.807) is 7.11 Å². The molecule has 122 valence electrons. The fourth-order valence-electron chi connectivity index (χ4n) is 3.13. The molecule has 0 bridgehead atoms. The maximum Gasteiger partial charge on any atom is 0.223 e. The van der Waals surface area contributed by atoms with Crippen molar-refractivity contribution in [3.05, 3.63) is 35.4 Å². The number of ether oxygens (including phenoxy) is 1. The number of carbonyl (C=O) groups excluding carboxylic acids is 1. The van der Waals surface area contributed by atoms with Gasteiger partial charge >= 0.3 is 0 Å². The second-order valence-corrected chi connectivity index (χ2v) is 7.21. The lowest BCUT2D eigenvalue weighted by atomic mass is 9.86. The minimum Gasteiger partial charge on any atom is -0.385 e. The summed E-state index contributed by atoms with van der Waals surface area (Å²) in [6, 6.07) is 9.07. The van der Waals surface area contributed by atoms with Gasteiger partial charge < -0.3 is 9.64 Å². The van der Waals surface area contributed by atoms with Crippen molar-refractivity contribution in [3.8, 4) is 0 Å². The van der Waals surface area contributed by atoms with Crippen LogP contribution in [0.4, 0.5) is 0 Å². The van der Waals surface area contributed by atoms with E-state index in [4.69, 9.17) is 4.74 Å². The summed E-state index contributed by atoms with van der Waals surface area (Å²) in [6.07, 6.45) is 3.57. The van der Waals surface area contributed by atoms with Crippen molar-refractivity contribution in [1.29, 1.82) is 0 Å². The number of likely N-dealkylation sites (tertiary alicyclic amines) is 1. The molecule has 1 atom stereocenters. The Hall–Kier alpha value is -1.35. The van der Waals surface area contributed by atoms with Gasteiger partial charge in [-0.25, -0.2) is 0 Å². The van der Waals surface area contributed by atoms with Crippen LogP contribution < -0.4 is 0 Å². The van der Waals surface area contributed by atoms with E-state index in [0.29, 0.717) is 13.0 Å². The first kappa shape index (κ1) is 17.0. The lowest BCUT2D eigenvalue weighted by molar-refractivity contribution is -0.132. The highest BCUT2D eigenvalue weighted by molar-refractivity contribution is 5.77. The van der Waals surface area contributed by atoms with Crippen LogP contribution in [0.15, 0.2) is 24.3 Å². The van der Waals surface area contributed by atoms with Gasteiger partial charge in [0.05, 0.1) is 6.04 Å². The zero-order valence-electron chi connectivity index (χ0n) is 14.4. The summed E-state index contributed by atoms with van der Waals surface area (Å²) in [7, 11) is 1.68. The molecule has 0 aromatic heterocycles. The number of hydrogen-bond acceptors (Lipinski definition) is 2. The Morgan fingerprint density at radius 3 is 2.55 bits per heavy atom. The maximum atomic E-state index is 12.4. The van der Waals surface area contributed by atoms with E-state index in [1.165, 1.54) is 11.1 Å². The first-order valence-electron chi connectivity index (χ1n) is 8.32. The van der Waals surface area contributed by atoms with Gasteiger partial charge in [0, 0.05) is 26.7 Å². The molecule has 0 spiro atoms. The van der Waals surface area contributed by atoms with Crippen molar-refractivity contribution in [2.45, 2.75) is 57.9 Å². The fourth-order valence-corrected chi connectivity index (χ4v) is 3.13. The van der Waals surface area contributed by atoms with Crippen LogP contribution in [0.1, 0.15) is 63.6 Å². The lowest BCUT2D eigenvalue weighted by Gasteiger charge is -2.26. The van der Waals surface area contributed by atoms with Gasteiger partial charge in [-0.2, -0.15) is 0 Å². The Labute approximate surface area is 134 Å². The first-order valence-corrected chi connectivity index (χ1v) is 8.32. The molecular weight excluding hydrogens is 274 g/mol. The smallest absolute Gasteiger partial charge is 0.223 e. The topological polar surface area (TPSA) is 29.5 Å². The Morgan fingerprint density at radius 1 is 1.27 bits per heavy atom. The number of nitrogens with zero attached hydrogens (tertiary/aromatic N) is 1. The van der Waals surface area contributed by atoms with Crippen LogP contribution in [0.2, 0.25) is 0 Å². The van der Waals surface area contributed by atoms with Crippen molar-refractivity contribution in [2.75, 3.05) is 20.3 Å². The van der Waals surface area contributed by atoms with Gasteiger partial charge in [-0.3, -0.25) is 4.79 Å². The van der Waals surface area contributed by atoms with Crippen LogP contribution in [-0.2, 0) is 14.9 Å². The van der Waals surface area contributed by atoms with Crippen LogP contribution in [0.3, 0.4) is 0 Å². The standard InChI is InChI=1S/C19H29NO2/c1-19(2,3)16-11-9-15(10-12-16)17-7-5-13-20(17)18(21)8-6-14-22-4/h9-12,17H,5-8,13-14H2,1-4H3. The minimum absolute atomic E-state index is 0.171. The Bertz CT molecular complexity index is 487. The van der Waals surface area contributed by atoms with Crippen LogP contribution in [0, 0.1) is 0 Å². The monoisotopic (exact) mass is 303 g/mol. The molecule has 1 saturated heterocycles. The second kappa shape index (κ2) is 7.28. The fraction of sp³-hybridized carbons (Fsp3) is 0.632. The van der Waals surface area contributed by atoms with E-state index in [2.05, 4.69) is 49.9 Å². The van der Waals surface area contributed by atoms with Crippen molar-refractivity contribution < 1.29 is 9.53 Å². The SMILES string of the molecule is COCCCC(=O)N1CCCC1c1ccc(C(C)(C)C)cc1. The molecule has 3 nitrogen and oxygen atoms in total. The Kier molecular flexibility index (Phi) is 5.63. The number of amides is 1. The van der Waals surface area contributed by atoms with Gasteiger partial charge in [-0.15, -0.1) is 0 Å². The maximum absolute atomic E-state index is 12.4. The molecule has 1 unspecified atom stereocenters. The molecule has 0 N–H and O–H groups in total. The van der Waals surface area contributed by atoms with Crippen molar-refractivity contribution >= 4 is 5.91 Å². The highest BCUT2D eigenvalue weighted by Gasteiger charge is 2.29. The van der Waals surface area contributed by atoms with E-state index in [1.807, 2.05) is 0 Å². The molecule has 0 radical (unpaired) electrons. The van der Waals surface area contributed by atoms with E-state index in [-0.39, 0.29) is 17.4 Å². The number of hydrogen-bond donors (Lipinski definition) is 0. The molecule has 1 amide bonds. The zero-order chi connectivity index (χ0) is 16.2. The highest BCUT2D eigenvalue weighted by Crippen LogP contribution is 2.33. The number of methoxy groups -OCH3 is 1. The summed E-state index contributed by atoms with van der Waals surface area (Å²) >= 11 is 0. The van der Waals surface area contributed by atoms with E-state index < -0.39 is 0 Å². The number of benzene rings is 1. The van der Waals surface area contributed by atoms with Crippen LogP contribution in [0.25, 0.3) is 0 Å². The molecule has 1 fully saturated rings. The molecule has 3 heteroatoms. The van der Waals surface area contributed by atoms with Crippen LogP contribution >= 0.6 is 0 Å². The molecule has 0 saturated carbocycles. The van der Waals surface area contributed by atoms with E-state index in [0.717, 1.165) is 25.8 Å². The molecule has 2 rings (SSSR count). The summed E-state index contributed by atoms with van der Waals surface area (Å²) in [5, 5.41) is 0. The number of carbonyl (C=O) groups is 1. The summed E-state index contributed by atoms with van der Waals surface area (Å²) in [6.45, 7) is 8.22. The predicted molar refractivity (Wildman–Crippen MR) is 89.9 cm³/mol. The Morgan fingerprint density at radius 2 is 1.95 bits per heavy atom. The minimum atomic E-state index is 0.171. The molecule has 1 aromatic carbocycles. The summed E-state index contributed by atoms with van der Waals surface area (Å²) in [5.41, 5.74) is 2.78. The average molecular weight is 303 g/mol. The molecule has 1 aromatic rings. The molecule has 22 heavy (non-hydrogen) atoms. The van der Waals surface area contributed by atoms with E-state index >= 15 is 0 Å². The molecule has 1 heterocycles. The summed E-state index contributed by atoms with van der Waals surface area (Å²) in [5.74, 6) is 0.263. The molecule has 1 aliphatic heterocycles. The van der Waals surface area contributed by atoms with E-state index in [9.17, 15) is 4.79 Å². The van der Waals surface area contributed by atoms with Gasteiger partial charge in [0.25, 0.3) is 0 Å². The lowest BCUT2D eigenvalue weighted by Crippen LogP contribution is -2.30. The second-order valence-electron chi connectivity index (χ2n) is 7.21. The van der Waals surface area contributed by atoms with Crippen LogP contribution in [-0.4, -0.2) is 31.1 Å². The third kappa shape index (κ3) is 4.10. The largest absolute Gasteiger partial charge is 0.385 e. The van der Waals surface area contributed by atoms with Crippen LogP contribution in [0.5, 0.6) is 0 Å². The average Bonchev–Trinajstić information content (AvgIpc) is 2.96. The summed E-state index contributed by atoms with van der Waals surface area (Å²) in [4.78, 5) is 14.5. The highest BCUT2D eigenvalue weighted by atomic mass is 16.5. The van der Waals surface area contributed by atoms with Crippen molar-refractivity contribution in [2.24, 2.45) is 0 Å². The number of rotatable bonds is 5. The third-order valence-corrected chi connectivity index (χ3v) is 4.47. The molecular formula is C19H29NO2. The van der Waals surface area contributed by atoms with Crippen molar-refractivity contribution in [1.82, 2.24) is 4.90 Å². The molecule has 0 aliphatic carbocycles. The van der Waals surface area contributed by atoms with Gasteiger partial charge in [0.15, 0.2) is 0 Å². The van der Waals surface area contributed by atoms with Gasteiger partial charge in [-0.05, 0) is 35.8 Å². The quantitative estimate of drug-likeness (QED) is 0.767. The first-order chi connectivity index (χ1) is 10.4. The Balaban J connectivity index is 2.05. The normalized spacial score (nSPS) is 18.7. The van der Waals surface area contributed by atoms with Gasteiger partial charge in [-0.1, -0.05) is 45.0 Å². The molecule has 1 aliphatic rings. The van der Waals surface area contributed by atoms with Crippen molar-refractivity contribution in [3.63, 3.8) is 0 Å². The zero-order valence-corrected chi connectivity index (χ0v) is 14.4. The van der Waals surface area contributed by atoms with Gasteiger partial charge in [0.1, 0.15) is 0 Å². The predicted octanol–water partition coefficient (Wildman–Crippen LogP) is 4.07.